The highest BCUT2D eigenvalue weighted by Crippen LogP contribution is 2.15. The summed E-state index contributed by atoms with van der Waals surface area (Å²) < 4.78 is 6.61. The SMILES string of the molecule is C[C@@H]1CCCN(C(=O)COC(=O)c2ccc(-n3cnnn3)cc2)C1. The first-order valence-corrected chi connectivity index (χ1v) is 7.92. The quantitative estimate of drug-likeness (QED) is 0.780. The maximum atomic E-state index is 12.1. The second kappa shape index (κ2) is 7.20. The highest BCUT2D eigenvalue weighted by atomic mass is 16.5. The first-order chi connectivity index (χ1) is 11.6. The van der Waals surface area contributed by atoms with Gasteiger partial charge in [0.1, 0.15) is 6.33 Å². The van der Waals surface area contributed by atoms with Crippen molar-refractivity contribution in [1.82, 2.24) is 25.1 Å². The molecule has 0 saturated carbocycles. The summed E-state index contributed by atoms with van der Waals surface area (Å²) in [4.78, 5) is 25.9. The standard InChI is InChI=1S/C16H19N5O3/c1-12-3-2-8-20(9-12)15(22)10-24-16(23)13-4-6-14(7-5-13)21-11-17-18-19-21/h4-7,11-12H,2-3,8-10H2,1H3/t12-/m1/s1. The molecule has 8 nitrogen and oxygen atoms in total. The van der Waals surface area contributed by atoms with Gasteiger partial charge in [0.2, 0.25) is 0 Å². The van der Waals surface area contributed by atoms with E-state index in [1.165, 1.54) is 11.0 Å². The number of esters is 1. The van der Waals surface area contributed by atoms with Crippen LogP contribution in [-0.2, 0) is 9.53 Å². The number of rotatable bonds is 4. The Morgan fingerprint density at radius 1 is 1.29 bits per heavy atom. The molecule has 3 rings (SSSR count). The minimum atomic E-state index is -0.517. The smallest absolute Gasteiger partial charge is 0.338 e. The van der Waals surface area contributed by atoms with E-state index in [1.54, 1.807) is 29.2 Å². The highest BCUT2D eigenvalue weighted by Gasteiger charge is 2.22. The summed E-state index contributed by atoms with van der Waals surface area (Å²) in [7, 11) is 0. The Labute approximate surface area is 139 Å². The van der Waals surface area contributed by atoms with Gasteiger partial charge >= 0.3 is 5.97 Å². The van der Waals surface area contributed by atoms with E-state index in [-0.39, 0.29) is 12.5 Å². The van der Waals surface area contributed by atoms with Gasteiger partial charge in [-0.1, -0.05) is 6.92 Å². The van der Waals surface area contributed by atoms with Gasteiger partial charge in [-0.25, -0.2) is 9.48 Å². The second-order valence-corrected chi connectivity index (χ2v) is 5.96. The van der Waals surface area contributed by atoms with E-state index in [9.17, 15) is 9.59 Å². The second-order valence-electron chi connectivity index (χ2n) is 5.96. The van der Waals surface area contributed by atoms with E-state index >= 15 is 0 Å². The number of ether oxygens (including phenoxy) is 1. The number of hydrogen-bond donors (Lipinski definition) is 0. The van der Waals surface area contributed by atoms with Crippen LogP contribution in [0.15, 0.2) is 30.6 Å². The average molecular weight is 329 g/mol. The number of carbonyl (C=O) groups excluding carboxylic acids is 2. The van der Waals surface area contributed by atoms with Gasteiger partial charge < -0.3 is 9.64 Å². The zero-order valence-corrected chi connectivity index (χ0v) is 13.5. The Morgan fingerprint density at radius 2 is 2.08 bits per heavy atom. The van der Waals surface area contributed by atoms with Crippen LogP contribution in [0, 0.1) is 5.92 Å². The number of amides is 1. The lowest BCUT2D eigenvalue weighted by Gasteiger charge is -2.30. The summed E-state index contributed by atoms with van der Waals surface area (Å²) in [5.74, 6) is -0.158. The number of benzene rings is 1. The molecule has 126 valence electrons. The molecular formula is C16H19N5O3. The minimum absolute atomic E-state index is 0.139. The topological polar surface area (TPSA) is 90.2 Å². The monoisotopic (exact) mass is 329 g/mol. The van der Waals surface area contributed by atoms with Crippen molar-refractivity contribution in [2.75, 3.05) is 19.7 Å². The molecule has 1 amide bonds. The predicted molar refractivity (Wildman–Crippen MR) is 84.4 cm³/mol. The van der Waals surface area contributed by atoms with Crippen molar-refractivity contribution in [3.63, 3.8) is 0 Å². The Bertz CT molecular complexity index is 699. The Morgan fingerprint density at radius 3 is 2.75 bits per heavy atom. The largest absolute Gasteiger partial charge is 0.452 e. The van der Waals surface area contributed by atoms with Gasteiger partial charge in [0.25, 0.3) is 5.91 Å². The maximum absolute atomic E-state index is 12.1. The third-order valence-electron chi connectivity index (χ3n) is 4.05. The molecule has 0 N–H and O–H groups in total. The van der Waals surface area contributed by atoms with Crippen LogP contribution in [0.3, 0.4) is 0 Å². The lowest BCUT2D eigenvalue weighted by atomic mass is 10.0. The molecule has 1 aliphatic rings. The molecular weight excluding hydrogens is 310 g/mol. The van der Waals surface area contributed by atoms with Crippen LogP contribution in [-0.4, -0.2) is 56.7 Å². The van der Waals surface area contributed by atoms with Gasteiger partial charge in [0.05, 0.1) is 11.3 Å². The van der Waals surface area contributed by atoms with Crippen molar-refractivity contribution in [2.24, 2.45) is 5.92 Å². The fourth-order valence-corrected chi connectivity index (χ4v) is 2.75. The molecule has 8 heteroatoms. The van der Waals surface area contributed by atoms with Gasteiger partial charge in [-0.2, -0.15) is 0 Å². The number of carbonyl (C=O) groups is 2. The van der Waals surface area contributed by atoms with Gasteiger partial charge in [0, 0.05) is 13.1 Å². The lowest BCUT2D eigenvalue weighted by molar-refractivity contribution is -0.136. The third kappa shape index (κ3) is 3.76. The Balaban J connectivity index is 1.54. The minimum Gasteiger partial charge on any atom is -0.452 e. The number of nitrogens with zero attached hydrogens (tertiary/aromatic N) is 5. The summed E-state index contributed by atoms with van der Waals surface area (Å²) in [5.41, 5.74) is 1.11. The van der Waals surface area contributed by atoms with Gasteiger partial charge in [0.15, 0.2) is 6.61 Å². The summed E-state index contributed by atoms with van der Waals surface area (Å²) >= 11 is 0. The molecule has 0 aliphatic carbocycles. The van der Waals surface area contributed by atoms with E-state index in [0.717, 1.165) is 31.6 Å². The normalized spacial score (nSPS) is 17.5. The first-order valence-electron chi connectivity index (χ1n) is 7.92. The number of tetrazole rings is 1. The molecule has 2 heterocycles. The molecule has 1 aromatic carbocycles. The van der Waals surface area contributed by atoms with Gasteiger partial charge in [-0.15, -0.1) is 5.10 Å². The predicted octanol–water partition coefficient (Wildman–Crippen LogP) is 1.08. The van der Waals surface area contributed by atoms with E-state index in [1.807, 2.05) is 0 Å². The summed E-state index contributed by atoms with van der Waals surface area (Å²) in [6, 6.07) is 6.65. The Hall–Kier alpha value is -2.77. The van der Waals surface area contributed by atoms with Crippen molar-refractivity contribution in [3.05, 3.63) is 36.2 Å². The van der Waals surface area contributed by atoms with Crippen LogP contribution in [0.5, 0.6) is 0 Å². The van der Waals surface area contributed by atoms with E-state index in [2.05, 4.69) is 22.4 Å². The zero-order chi connectivity index (χ0) is 16.9. The number of piperidine rings is 1. The zero-order valence-electron chi connectivity index (χ0n) is 13.5. The molecule has 1 fully saturated rings. The van der Waals surface area contributed by atoms with E-state index in [4.69, 9.17) is 4.74 Å². The Kier molecular flexibility index (Phi) is 4.83. The highest BCUT2D eigenvalue weighted by molar-refractivity contribution is 5.91. The van der Waals surface area contributed by atoms with Crippen molar-refractivity contribution in [1.29, 1.82) is 0 Å². The van der Waals surface area contributed by atoms with Crippen LogP contribution in [0.4, 0.5) is 0 Å². The number of aromatic nitrogens is 4. The summed E-state index contributed by atoms with van der Waals surface area (Å²) in [5, 5.41) is 10.9. The summed E-state index contributed by atoms with van der Waals surface area (Å²) in [6.45, 7) is 3.37. The molecule has 0 spiro atoms. The van der Waals surface area contributed by atoms with Crippen LogP contribution < -0.4 is 0 Å². The number of hydrogen-bond acceptors (Lipinski definition) is 6. The van der Waals surface area contributed by atoms with Crippen molar-refractivity contribution >= 4 is 11.9 Å². The third-order valence-corrected chi connectivity index (χ3v) is 4.05. The molecule has 1 atom stereocenters. The number of likely N-dealkylation sites (tertiary alicyclic amines) is 1. The molecule has 2 aromatic rings. The molecule has 1 aromatic heterocycles. The fraction of sp³-hybridized carbons (Fsp3) is 0.438. The van der Waals surface area contributed by atoms with Crippen LogP contribution in [0.2, 0.25) is 0 Å². The van der Waals surface area contributed by atoms with Crippen LogP contribution in [0.1, 0.15) is 30.1 Å². The van der Waals surface area contributed by atoms with E-state index < -0.39 is 5.97 Å². The molecule has 24 heavy (non-hydrogen) atoms. The van der Waals surface area contributed by atoms with Crippen LogP contribution >= 0.6 is 0 Å². The van der Waals surface area contributed by atoms with E-state index in [0.29, 0.717) is 11.5 Å². The molecule has 1 aliphatic heterocycles. The van der Waals surface area contributed by atoms with Crippen molar-refractivity contribution in [3.8, 4) is 5.69 Å². The molecule has 0 bridgehead atoms. The van der Waals surface area contributed by atoms with Gasteiger partial charge in [-0.05, 0) is 53.5 Å². The first kappa shape index (κ1) is 16.1. The molecule has 1 saturated heterocycles. The van der Waals surface area contributed by atoms with Crippen molar-refractivity contribution in [2.45, 2.75) is 19.8 Å². The average Bonchev–Trinajstić information content (AvgIpc) is 3.14. The molecule has 0 unspecified atom stereocenters. The van der Waals surface area contributed by atoms with Crippen LogP contribution in [0.25, 0.3) is 5.69 Å². The maximum Gasteiger partial charge on any atom is 0.338 e. The fourth-order valence-electron chi connectivity index (χ4n) is 2.75. The van der Waals surface area contributed by atoms with Crippen molar-refractivity contribution < 1.29 is 14.3 Å². The molecule has 0 radical (unpaired) electrons. The summed E-state index contributed by atoms with van der Waals surface area (Å²) in [6.07, 6.45) is 3.60. The lowest BCUT2D eigenvalue weighted by Crippen LogP contribution is -2.41. The van der Waals surface area contributed by atoms with Gasteiger partial charge in [-0.3, -0.25) is 4.79 Å².